The van der Waals surface area contributed by atoms with Crippen molar-refractivity contribution < 1.29 is 23.3 Å². The van der Waals surface area contributed by atoms with Gasteiger partial charge in [0.05, 0.1) is 6.61 Å². The minimum atomic E-state index is -0.574. The highest BCUT2D eigenvalue weighted by Crippen LogP contribution is 2.14. The van der Waals surface area contributed by atoms with Crippen LogP contribution in [0.25, 0.3) is 6.08 Å². The summed E-state index contributed by atoms with van der Waals surface area (Å²) in [5.74, 6) is -0.0306. The summed E-state index contributed by atoms with van der Waals surface area (Å²) < 4.78 is 14.9. The minimum absolute atomic E-state index is 0.0532. The average molecular weight is 304 g/mol. The number of hydrogen-bond donors (Lipinski definition) is 0. The molecule has 0 spiro atoms. The number of carbonyl (C=O) groups excluding carboxylic acids is 2. The van der Waals surface area contributed by atoms with E-state index in [0.717, 1.165) is 0 Å². The molecular formula is C15H16N2O5. The summed E-state index contributed by atoms with van der Waals surface area (Å²) in [7, 11) is 0. The van der Waals surface area contributed by atoms with E-state index in [1.807, 2.05) is 13.8 Å². The fourth-order valence-electron chi connectivity index (χ4n) is 1.58. The number of ketones is 1. The summed E-state index contributed by atoms with van der Waals surface area (Å²) >= 11 is 0. The molecule has 2 heterocycles. The molecule has 0 aliphatic carbocycles. The van der Waals surface area contributed by atoms with Crippen LogP contribution in [0.2, 0.25) is 0 Å². The third kappa shape index (κ3) is 3.69. The molecule has 0 radical (unpaired) electrons. The summed E-state index contributed by atoms with van der Waals surface area (Å²) in [5, 5.41) is 3.57. The molecule has 0 amide bonds. The molecule has 116 valence electrons. The zero-order chi connectivity index (χ0) is 16.1. The van der Waals surface area contributed by atoms with Gasteiger partial charge in [-0.05, 0) is 19.1 Å². The molecule has 2 rings (SSSR count). The first-order valence-electron chi connectivity index (χ1n) is 6.83. The largest absolute Gasteiger partial charge is 0.461 e. The number of allylic oxidation sites excluding steroid dienone is 1. The highest BCUT2D eigenvalue weighted by Gasteiger charge is 2.14. The second-order valence-electron chi connectivity index (χ2n) is 4.76. The van der Waals surface area contributed by atoms with Crippen LogP contribution in [-0.4, -0.2) is 28.5 Å². The van der Waals surface area contributed by atoms with Crippen LogP contribution in [0, 0.1) is 0 Å². The predicted octanol–water partition coefficient (Wildman–Crippen LogP) is 2.86. The van der Waals surface area contributed by atoms with E-state index in [-0.39, 0.29) is 35.5 Å². The maximum atomic E-state index is 11.9. The fourth-order valence-corrected chi connectivity index (χ4v) is 1.58. The molecule has 7 heteroatoms. The summed E-state index contributed by atoms with van der Waals surface area (Å²) in [4.78, 5) is 27.5. The summed E-state index contributed by atoms with van der Waals surface area (Å²) in [6.07, 6.45) is 3.99. The van der Waals surface area contributed by atoms with Crippen LogP contribution in [-0.2, 0) is 4.74 Å². The van der Waals surface area contributed by atoms with Crippen molar-refractivity contribution in [3.8, 4) is 0 Å². The van der Waals surface area contributed by atoms with Crippen LogP contribution in [0.4, 0.5) is 0 Å². The highest BCUT2D eigenvalue weighted by molar-refractivity contribution is 6.05. The van der Waals surface area contributed by atoms with E-state index >= 15 is 0 Å². The van der Waals surface area contributed by atoms with Crippen molar-refractivity contribution in [2.24, 2.45) is 0 Å². The van der Waals surface area contributed by atoms with Gasteiger partial charge in [0.1, 0.15) is 12.0 Å². The Labute approximate surface area is 126 Å². The first-order chi connectivity index (χ1) is 10.5. The van der Waals surface area contributed by atoms with E-state index < -0.39 is 5.97 Å². The molecule has 0 bridgehead atoms. The van der Waals surface area contributed by atoms with E-state index in [4.69, 9.17) is 13.7 Å². The topological polar surface area (TPSA) is 95.4 Å². The second-order valence-corrected chi connectivity index (χ2v) is 4.76. The molecule has 22 heavy (non-hydrogen) atoms. The Hall–Kier alpha value is -2.70. The van der Waals surface area contributed by atoms with Crippen molar-refractivity contribution in [2.75, 3.05) is 6.61 Å². The van der Waals surface area contributed by atoms with Gasteiger partial charge in [-0.15, -0.1) is 0 Å². The van der Waals surface area contributed by atoms with Gasteiger partial charge < -0.3 is 13.7 Å². The zero-order valence-electron chi connectivity index (χ0n) is 12.5. The van der Waals surface area contributed by atoms with Gasteiger partial charge in [0.2, 0.25) is 5.78 Å². The first kappa shape index (κ1) is 15.7. The lowest BCUT2D eigenvalue weighted by Gasteiger charge is -1.94. The standard InChI is InChI=1S/C15H16N2O5/c1-4-20-15(19)11-7-10(22-17-11)5-6-13(18)12-8-21-14(16-12)9(2)3/h5-9H,4H2,1-3H3/b6-5+. The van der Waals surface area contributed by atoms with E-state index in [1.54, 1.807) is 6.92 Å². The molecule has 2 aromatic heterocycles. The summed E-state index contributed by atoms with van der Waals surface area (Å²) in [5.41, 5.74) is 0.266. The Bertz CT molecular complexity index is 696. The number of esters is 1. The maximum Gasteiger partial charge on any atom is 0.360 e. The van der Waals surface area contributed by atoms with Gasteiger partial charge in [-0.3, -0.25) is 4.79 Å². The molecule has 0 atom stereocenters. The number of rotatable bonds is 6. The second kappa shape index (κ2) is 6.84. The van der Waals surface area contributed by atoms with Crippen molar-refractivity contribution in [1.29, 1.82) is 0 Å². The smallest absolute Gasteiger partial charge is 0.360 e. The number of aromatic nitrogens is 2. The van der Waals surface area contributed by atoms with Crippen LogP contribution in [0.1, 0.15) is 59.3 Å². The molecule has 0 saturated carbocycles. The lowest BCUT2D eigenvalue weighted by molar-refractivity contribution is 0.0514. The third-order valence-electron chi connectivity index (χ3n) is 2.68. The summed E-state index contributed by atoms with van der Waals surface area (Å²) in [6, 6.07) is 1.39. The minimum Gasteiger partial charge on any atom is -0.461 e. The number of nitrogens with zero attached hydrogens (tertiary/aromatic N) is 2. The molecular weight excluding hydrogens is 288 g/mol. The Morgan fingerprint density at radius 3 is 2.77 bits per heavy atom. The normalized spacial score (nSPS) is 11.3. The SMILES string of the molecule is CCOC(=O)c1cc(/C=C/C(=O)c2coc(C(C)C)n2)on1. The maximum absolute atomic E-state index is 11.9. The third-order valence-corrected chi connectivity index (χ3v) is 2.68. The van der Waals surface area contributed by atoms with E-state index in [2.05, 4.69) is 10.1 Å². The first-order valence-corrected chi connectivity index (χ1v) is 6.83. The predicted molar refractivity (Wildman–Crippen MR) is 76.4 cm³/mol. The Kier molecular flexibility index (Phi) is 4.88. The summed E-state index contributed by atoms with van der Waals surface area (Å²) in [6.45, 7) is 5.78. The molecule has 0 aliphatic heterocycles. The van der Waals surface area contributed by atoms with Gasteiger partial charge in [0, 0.05) is 12.0 Å². The van der Waals surface area contributed by atoms with E-state index in [0.29, 0.717) is 5.89 Å². The lowest BCUT2D eigenvalue weighted by atomic mass is 10.2. The lowest BCUT2D eigenvalue weighted by Crippen LogP contribution is -2.04. The average Bonchev–Trinajstić information content (AvgIpc) is 3.14. The van der Waals surface area contributed by atoms with Gasteiger partial charge >= 0.3 is 5.97 Å². The van der Waals surface area contributed by atoms with Gasteiger partial charge in [-0.1, -0.05) is 19.0 Å². The van der Waals surface area contributed by atoms with Crippen LogP contribution in [0.3, 0.4) is 0 Å². The zero-order valence-corrected chi connectivity index (χ0v) is 12.5. The van der Waals surface area contributed by atoms with Crippen molar-refractivity contribution in [1.82, 2.24) is 10.1 Å². The molecule has 7 nitrogen and oxygen atoms in total. The van der Waals surface area contributed by atoms with Crippen molar-refractivity contribution >= 4 is 17.8 Å². The van der Waals surface area contributed by atoms with Crippen molar-refractivity contribution in [3.63, 3.8) is 0 Å². The van der Waals surface area contributed by atoms with Crippen LogP contribution in [0.5, 0.6) is 0 Å². The monoisotopic (exact) mass is 304 g/mol. The van der Waals surface area contributed by atoms with Gasteiger partial charge in [-0.25, -0.2) is 9.78 Å². The van der Waals surface area contributed by atoms with E-state index in [1.165, 1.54) is 24.5 Å². The number of ether oxygens (including phenoxy) is 1. The van der Waals surface area contributed by atoms with Crippen LogP contribution >= 0.6 is 0 Å². The van der Waals surface area contributed by atoms with Crippen LogP contribution < -0.4 is 0 Å². The molecule has 0 N–H and O–H groups in total. The molecule has 0 saturated heterocycles. The number of oxazole rings is 1. The van der Waals surface area contributed by atoms with Gasteiger partial charge in [0.25, 0.3) is 0 Å². The molecule has 0 unspecified atom stereocenters. The van der Waals surface area contributed by atoms with Gasteiger partial charge in [0.15, 0.2) is 17.3 Å². The van der Waals surface area contributed by atoms with Crippen molar-refractivity contribution in [3.05, 3.63) is 41.4 Å². The molecule has 0 aliphatic rings. The van der Waals surface area contributed by atoms with Crippen molar-refractivity contribution in [2.45, 2.75) is 26.7 Å². The van der Waals surface area contributed by atoms with Crippen LogP contribution in [0.15, 0.2) is 27.3 Å². The number of carbonyl (C=O) groups is 2. The van der Waals surface area contributed by atoms with Gasteiger partial charge in [-0.2, -0.15) is 0 Å². The molecule has 2 aromatic rings. The quantitative estimate of drug-likeness (QED) is 0.460. The molecule has 0 fully saturated rings. The highest BCUT2D eigenvalue weighted by atomic mass is 16.5. The number of hydrogen-bond acceptors (Lipinski definition) is 7. The Balaban J connectivity index is 2.04. The van der Waals surface area contributed by atoms with E-state index in [9.17, 15) is 9.59 Å². The Morgan fingerprint density at radius 2 is 2.14 bits per heavy atom. The Morgan fingerprint density at radius 1 is 1.36 bits per heavy atom. The fraction of sp³-hybridized carbons (Fsp3) is 0.333. The molecule has 0 aromatic carbocycles.